The summed E-state index contributed by atoms with van der Waals surface area (Å²) in [6.07, 6.45) is 0.795. The van der Waals surface area contributed by atoms with E-state index in [0.717, 1.165) is 15.9 Å². The van der Waals surface area contributed by atoms with Gasteiger partial charge in [0.05, 0.1) is 11.6 Å². The highest BCUT2D eigenvalue weighted by molar-refractivity contribution is 9.10. The van der Waals surface area contributed by atoms with E-state index in [1.54, 1.807) is 7.11 Å². The van der Waals surface area contributed by atoms with Crippen molar-refractivity contribution < 1.29 is 14.6 Å². The molecule has 2 N–H and O–H groups in total. The lowest BCUT2D eigenvalue weighted by atomic mass is 10.2. The van der Waals surface area contributed by atoms with E-state index in [2.05, 4.69) is 21.2 Å². The lowest BCUT2D eigenvalue weighted by Crippen LogP contribution is -2.04. The zero-order chi connectivity index (χ0) is 12.0. The van der Waals surface area contributed by atoms with Gasteiger partial charge in [-0.2, -0.15) is 0 Å². The Morgan fingerprint density at radius 3 is 2.88 bits per heavy atom. The maximum absolute atomic E-state index is 10.3. The molecule has 0 fully saturated rings. The van der Waals surface area contributed by atoms with Gasteiger partial charge in [-0.3, -0.25) is 4.79 Å². The Morgan fingerprint density at radius 1 is 1.56 bits per heavy atom. The Bertz CT molecular complexity index is 368. The van der Waals surface area contributed by atoms with Crippen LogP contribution in [0, 0.1) is 0 Å². The van der Waals surface area contributed by atoms with Crippen LogP contribution in [-0.4, -0.2) is 24.7 Å². The van der Waals surface area contributed by atoms with Gasteiger partial charge < -0.3 is 15.2 Å². The number of carboxylic acids is 1. The smallest absolute Gasteiger partial charge is 0.303 e. The molecular formula is C11H14BrNO3. The Kier molecular flexibility index (Phi) is 5.11. The summed E-state index contributed by atoms with van der Waals surface area (Å²) in [5.74, 6) is 0.00815. The molecule has 1 rings (SSSR count). The van der Waals surface area contributed by atoms with E-state index in [1.165, 1.54) is 0 Å². The van der Waals surface area contributed by atoms with Gasteiger partial charge in [-0.25, -0.2) is 0 Å². The van der Waals surface area contributed by atoms with E-state index in [1.807, 2.05) is 18.2 Å². The Balaban J connectivity index is 2.43. The van der Waals surface area contributed by atoms with Gasteiger partial charge in [-0.1, -0.05) is 0 Å². The van der Waals surface area contributed by atoms with E-state index < -0.39 is 5.97 Å². The SMILES string of the molecule is COc1ccc(NCCCC(=O)O)cc1Br. The molecule has 5 heteroatoms. The molecule has 4 nitrogen and oxygen atoms in total. The third-order valence-corrected chi connectivity index (χ3v) is 2.67. The molecule has 1 aromatic rings. The second-order valence-corrected chi connectivity index (χ2v) is 4.13. The van der Waals surface area contributed by atoms with Gasteiger partial charge in [0.25, 0.3) is 0 Å². The number of nitrogens with one attached hydrogen (secondary N) is 1. The molecule has 0 spiro atoms. The van der Waals surface area contributed by atoms with Crippen molar-refractivity contribution >= 4 is 27.6 Å². The fraction of sp³-hybridized carbons (Fsp3) is 0.364. The van der Waals surface area contributed by atoms with Crippen molar-refractivity contribution in [2.45, 2.75) is 12.8 Å². The van der Waals surface area contributed by atoms with Crippen LogP contribution >= 0.6 is 15.9 Å². The van der Waals surface area contributed by atoms with Crippen molar-refractivity contribution in [3.05, 3.63) is 22.7 Å². The molecule has 1 aromatic carbocycles. The average Bonchev–Trinajstić information content (AvgIpc) is 2.24. The third kappa shape index (κ3) is 4.10. The molecule has 0 atom stereocenters. The van der Waals surface area contributed by atoms with Gasteiger partial charge in [-0.05, 0) is 40.5 Å². The summed E-state index contributed by atoms with van der Waals surface area (Å²) >= 11 is 3.38. The third-order valence-electron chi connectivity index (χ3n) is 2.05. The molecule has 0 unspecified atom stereocenters. The molecule has 16 heavy (non-hydrogen) atoms. The molecule has 88 valence electrons. The fourth-order valence-electron chi connectivity index (χ4n) is 1.25. The molecule has 0 amide bonds. The van der Waals surface area contributed by atoms with Crippen molar-refractivity contribution in [2.75, 3.05) is 19.0 Å². The summed E-state index contributed by atoms with van der Waals surface area (Å²) < 4.78 is 5.98. The van der Waals surface area contributed by atoms with Crippen LogP contribution in [0.2, 0.25) is 0 Å². The van der Waals surface area contributed by atoms with Gasteiger partial charge >= 0.3 is 5.97 Å². The van der Waals surface area contributed by atoms with E-state index in [4.69, 9.17) is 9.84 Å². The fourth-order valence-corrected chi connectivity index (χ4v) is 1.79. The molecular weight excluding hydrogens is 274 g/mol. The van der Waals surface area contributed by atoms with Gasteiger partial charge in [0.2, 0.25) is 0 Å². The van der Waals surface area contributed by atoms with Crippen LogP contribution in [0.25, 0.3) is 0 Å². The summed E-state index contributed by atoms with van der Waals surface area (Å²) in [4.78, 5) is 10.3. The molecule has 0 aliphatic carbocycles. The Morgan fingerprint density at radius 2 is 2.31 bits per heavy atom. The molecule has 0 aliphatic heterocycles. The molecule has 0 aromatic heterocycles. The van der Waals surface area contributed by atoms with Crippen LogP contribution in [0.5, 0.6) is 5.75 Å². The van der Waals surface area contributed by atoms with E-state index in [-0.39, 0.29) is 6.42 Å². The maximum atomic E-state index is 10.3. The molecule has 0 radical (unpaired) electrons. The lowest BCUT2D eigenvalue weighted by molar-refractivity contribution is -0.137. The minimum absolute atomic E-state index is 0.185. The zero-order valence-electron chi connectivity index (χ0n) is 9.00. The van der Waals surface area contributed by atoms with Crippen LogP contribution in [0.15, 0.2) is 22.7 Å². The summed E-state index contributed by atoms with van der Waals surface area (Å²) in [7, 11) is 1.61. The van der Waals surface area contributed by atoms with Gasteiger partial charge in [0.15, 0.2) is 0 Å². The number of methoxy groups -OCH3 is 1. The number of anilines is 1. The largest absolute Gasteiger partial charge is 0.496 e. The van der Waals surface area contributed by atoms with Crippen LogP contribution in [-0.2, 0) is 4.79 Å². The standard InChI is InChI=1S/C11H14BrNO3/c1-16-10-5-4-8(7-9(10)12)13-6-2-3-11(14)15/h4-5,7,13H,2-3,6H2,1H3,(H,14,15). The number of carboxylic acid groups (broad SMARTS) is 1. The highest BCUT2D eigenvalue weighted by atomic mass is 79.9. The first-order valence-corrected chi connectivity index (χ1v) is 5.72. The zero-order valence-corrected chi connectivity index (χ0v) is 10.6. The number of aliphatic carboxylic acids is 1. The average molecular weight is 288 g/mol. The first-order chi connectivity index (χ1) is 7.63. The quantitative estimate of drug-likeness (QED) is 0.790. The number of halogens is 1. The van der Waals surface area contributed by atoms with Crippen LogP contribution in [0.4, 0.5) is 5.69 Å². The number of carbonyl (C=O) groups is 1. The molecule has 0 heterocycles. The minimum Gasteiger partial charge on any atom is -0.496 e. The van der Waals surface area contributed by atoms with E-state index >= 15 is 0 Å². The first-order valence-electron chi connectivity index (χ1n) is 4.92. The summed E-state index contributed by atoms with van der Waals surface area (Å²) in [6.45, 7) is 0.644. The number of hydrogen-bond donors (Lipinski definition) is 2. The van der Waals surface area contributed by atoms with Crippen LogP contribution < -0.4 is 10.1 Å². The topological polar surface area (TPSA) is 58.6 Å². The van der Waals surface area contributed by atoms with Gasteiger partial charge in [0.1, 0.15) is 5.75 Å². The number of ether oxygens (including phenoxy) is 1. The maximum Gasteiger partial charge on any atom is 0.303 e. The normalized spacial score (nSPS) is 9.88. The van der Waals surface area contributed by atoms with Crippen molar-refractivity contribution in [2.24, 2.45) is 0 Å². The molecule has 0 saturated carbocycles. The van der Waals surface area contributed by atoms with Gasteiger partial charge in [0, 0.05) is 18.7 Å². The van der Waals surface area contributed by atoms with Gasteiger partial charge in [-0.15, -0.1) is 0 Å². The molecule has 0 bridgehead atoms. The summed E-state index contributed by atoms with van der Waals surface area (Å²) in [5, 5.41) is 11.6. The number of rotatable bonds is 6. The molecule has 0 saturated heterocycles. The Labute approximate surface area is 103 Å². The van der Waals surface area contributed by atoms with Crippen molar-refractivity contribution in [1.29, 1.82) is 0 Å². The highest BCUT2D eigenvalue weighted by Gasteiger charge is 2.01. The Hall–Kier alpha value is -1.23. The van der Waals surface area contributed by atoms with Crippen LogP contribution in [0.3, 0.4) is 0 Å². The van der Waals surface area contributed by atoms with Crippen molar-refractivity contribution in [1.82, 2.24) is 0 Å². The second-order valence-electron chi connectivity index (χ2n) is 3.27. The minimum atomic E-state index is -0.766. The first kappa shape index (κ1) is 12.8. The predicted molar refractivity (Wildman–Crippen MR) is 66.1 cm³/mol. The predicted octanol–water partition coefficient (Wildman–Crippen LogP) is 2.73. The van der Waals surface area contributed by atoms with Crippen molar-refractivity contribution in [3.63, 3.8) is 0 Å². The van der Waals surface area contributed by atoms with Crippen LogP contribution in [0.1, 0.15) is 12.8 Å². The van der Waals surface area contributed by atoms with E-state index in [0.29, 0.717) is 13.0 Å². The molecule has 0 aliphatic rings. The van der Waals surface area contributed by atoms with E-state index in [9.17, 15) is 4.79 Å². The summed E-state index contributed by atoms with van der Waals surface area (Å²) in [5.41, 5.74) is 0.943. The highest BCUT2D eigenvalue weighted by Crippen LogP contribution is 2.27. The van der Waals surface area contributed by atoms with Crippen molar-refractivity contribution in [3.8, 4) is 5.75 Å². The number of hydrogen-bond acceptors (Lipinski definition) is 3. The monoisotopic (exact) mass is 287 g/mol. The lowest BCUT2D eigenvalue weighted by Gasteiger charge is -2.08. The second kappa shape index (κ2) is 6.37. The number of benzene rings is 1. The summed E-state index contributed by atoms with van der Waals surface area (Å²) in [6, 6.07) is 5.65.